The van der Waals surface area contributed by atoms with Gasteiger partial charge in [0.25, 0.3) is 5.91 Å². The van der Waals surface area contributed by atoms with Crippen LogP contribution in [0.4, 0.5) is 0 Å². The van der Waals surface area contributed by atoms with Crippen molar-refractivity contribution in [1.82, 2.24) is 20.2 Å². The molecule has 1 aliphatic rings. The summed E-state index contributed by atoms with van der Waals surface area (Å²) < 4.78 is 0. The topological polar surface area (TPSA) is 58.1 Å². The van der Waals surface area contributed by atoms with Gasteiger partial charge < -0.3 is 10.2 Å². The van der Waals surface area contributed by atoms with E-state index in [1.165, 1.54) is 12.6 Å². The number of carbonyl (C=O) groups is 1. The summed E-state index contributed by atoms with van der Waals surface area (Å²) in [5.74, 6) is 1.10. The van der Waals surface area contributed by atoms with Crippen LogP contribution < -0.4 is 5.32 Å². The van der Waals surface area contributed by atoms with Crippen molar-refractivity contribution in [2.24, 2.45) is 5.92 Å². The second kappa shape index (κ2) is 7.18. The SMILES string of the molecule is CC(C)c1ncc(Cl)c(C(=O)NCC2CCCN(C)C2)n1. The molecule has 1 saturated heterocycles. The first-order chi connectivity index (χ1) is 9.97. The fourth-order valence-electron chi connectivity index (χ4n) is 2.58. The number of nitrogens with zero attached hydrogens (tertiary/aromatic N) is 3. The standard InChI is InChI=1S/C15H23ClN4O/c1-10(2)14-17-8-12(16)13(19-14)15(21)18-7-11-5-4-6-20(3)9-11/h8,10-11H,4-7,9H2,1-3H3,(H,18,21). The second-order valence-corrected chi connectivity index (χ2v) is 6.47. The Bertz CT molecular complexity index is 506. The summed E-state index contributed by atoms with van der Waals surface area (Å²) in [4.78, 5) is 23.0. The lowest BCUT2D eigenvalue weighted by Crippen LogP contribution is -2.39. The zero-order valence-electron chi connectivity index (χ0n) is 12.9. The van der Waals surface area contributed by atoms with Gasteiger partial charge in [-0.25, -0.2) is 9.97 Å². The molecule has 5 nitrogen and oxygen atoms in total. The minimum atomic E-state index is -0.211. The Morgan fingerprint density at radius 1 is 1.57 bits per heavy atom. The van der Waals surface area contributed by atoms with Crippen LogP contribution in [0.25, 0.3) is 0 Å². The van der Waals surface area contributed by atoms with Crippen LogP contribution >= 0.6 is 11.6 Å². The molecule has 1 aliphatic heterocycles. The number of nitrogens with one attached hydrogen (secondary N) is 1. The number of carbonyl (C=O) groups excluding carboxylic acids is 1. The maximum atomic E-state index is 12.3. The molecule has 1 unspecified atom stereocenters. The van der Waals surface area contributed by atoms with Gasteiger partial charge in [-0.3, -0.25) is 4.79 Å². The number of piperidine rings is 1. The van der Waals surface area contributed by atoms with E-state index < -0.39 is 0 Å². The first-order valence-electron chi connectivity index (χ1n) is 7.46. The monoisotopic (exact) mass is 310 g/mol. The van der Waals surface area contributed by atoms with Crippen molar-refractivity contribution in [1.29, 1.82) is 0 Å². The van der Waals surface area contributed by atoms with Crippen molar-refractivity contribution in [3.8, 4) is 0 Å². The van der Waals surface area contributed by atoms with Gasteiger partial charge in [0.2, 0.25) is 0 Å². The Balaban J connectivity index is 1.98. The summed E-state index contributed by atoms with van der Waals surface area (Å²) in [6.45, 7) is 6.81. The van der Waals surface area contributed by atoms with Crippen molar-refractivity contribution in [3.05, 3.63) is 22.7 Å². The average molecular weight is 311 g/mol. The van der Waals surface area contributed by atoms with Gasteiger partial charge in [-0.05, 0) is 32.4 Å². The lowest BCUT2D eigenvalue weighted by Gasteiger charge is -2.29. The van der Waals surface area contributed by atoms with E-state index in [2.05, 4.69) is 27.2 Å². The summed E-state index contributed by atoms with van der Waals surface area (Å²) in [5.41, 5.74) is 0.277. The lowest BCUT2D eigenvalue weighted by molar-refractivity contribution is 0.0931. The van der Waals surface area contributed by atoms with E-state index in [1.807, 2.05) is 13.8 Å². The molecule has 1 fully saturated rings. The molecule has 1 N–H and O–H groups in total. The predicted molar refractivity (Wildman–Crippen MR) is 83.7 cm³/mol. The molecule has 6 heteroatoms. The van der Waals surface area contributed by atoms with Gasteiger partial charge in [-0.1, -0.05) is 25.4 Å². The van der Waals surface area contributed by atoms with E-state index in [9.17, 15) is 4.79 Å². The fourth-order valence-corrected chi connectivity index (χ4v) is 2.76. The maximum Gasteiger partial charge on any atom is 0.271 e. The summed E-state index contributed by atoms with van der Waals surface area (Å²) in [7, 11) is 2.12. The highest BCUT2D eigenvalue weighted by atomic mass is 35.5. The number of aromatic nitrogens is 2. The smallest absolute Gasteiger partial charge is 0.271 e. The van der Waals surface area contributed by atoms with Crippen LogP contribution in [0.15, 0.2) is 6.20 Å². The number of hydrogen-bond acceptors (Lipinski definition) is 4. The number of hydrogen-bond donors (Lipinski definition) is 1. The first kappa shape index (κ1) is 16.2. The third-order valence-electron chi connectivity index (χ3n) is 3.77. The molecule has 0 aromatic carbocycles. The normalized spacial score (nSPS) is 19.8. The molecule has 1 aromatic rings. The molecule has 1 atom stereocenters. The van der Waals surface area contributed by atoms with Crippen LogP contribution in [0.5, 0.6) is 0 Å². The van der Waals surface area contributed by atoms with Gasteiger partial charge in [-0.2, -0.15) is 0 Å². The van der Waals surface area contributed by atoms with E-state index in [0.29, 0.717) is 23.3 Å². The molecular weight excluding hydrogens is 288 g/mol. The van der Waals surface area contributed by atoms with E-state index >= 15 is 0 Å². The molecule has 0 saturated carbocycles. The third kappa shape index (κ3) is 4.38. The van der Waals surface area contributed by atoms with Crippen molar-refractivity contribution >= 4 is 17.5 Å². The van der Waals surface area contributed by atoms with Crippen LogP contribution in [0, 0.1) is 5.92 Å². The number of amides is 1. The predicted octanol–water partition coefficient (Wildman–Crippen LogP) is 2.33. The van der Waals surface area contributed by atoms with Gasteiger partial charge in [0, 0.05) is 19.0 Å². The Kier molecular flexibility index (Phi) is 5.53. The largest absolute Gasteiger partial charge is 0.350 e. The number of likely N-dealkylation sites (tertiary alicyclic amines) is 1. The summed E-state index contributed by atoms with van der Waals surface area (Å²) in [6, 6.07) is 0. The third-order valence-corrected chi connectivity index (χ3v) is 4.04. The van der Waals surface area contributed by atoms with Crippen LogP contribution in [0.1, 0.15) is 48.9 Å². The van der Waals surface area contributed by atoms with E-state index in [1.54, 1.807) is 0 Å². The molecule has 1 amide bonds. The number of rotatable bonds is 4. The molecule has 0 spiro atoms. The molecule has 21 heavy (non-hydrogen) atoms. The van der Waals surface area contributed by atoms with Gasteiger partial charge in [0.05, 0.1) is 11.2 Å². The zero-order chi connectivity index (χ0) is 15.4. The van der Waals surface area contributed by atoms with Crippen LogP contribution in [0.2, 0.25) is 5.02 Å². The fraction of sp³-hybridized carbons (Fsp3) is 0.667. The summed E-state index contributed by atoms with van der Waals surface area (Å²) in [5, 5.41) is 3.26. The van der Waals surface area contributed by atoms with Gasteiger partial charge in [-0.15, -0.1) is 0 Å². The van der Waals surface area contributed by atoms with Crippen LogP contribution in [-0.2, 0) is 0 Å². The maximum absolute atomic E-state index is 12.3. The molecule has 0 bridgehead atoms. The zero-order valence-corrected chi connectivity index (χ0v) is 13.7. The van der Waals surface area contributed by atoms with Crippen molar-refractivity contribution in [3.63, 3.8) is 0 Å². The van der Waals surface area contributed by atoms with Crippen molar-refractivity contribution in [2.45, 2.75) is 32.6 Å². The van der Waals surface area contributed by atoms with E-state index in [4.69, 9.17) is 11.6 Å². The Hall–Kier alpha value is -1.20. The first-order valence-corrected chi connectivity index (χ1v) is 7.84. The van der Waals surface area contributed by atoms with Gasteiger partial charge in [0.15, 0.2) is 0 Å². The Morgan fingerprint density at radius 2 is 2.33 bits per heavy atom. The molecule has 0 aliphatic carbocycles. The molecule has 0 radical (unpaired) electrons. The van der Waals surface area contributed by atoms with E-state index in [0.717, 1.165) is 19.5 Å². The van der Waals surface area contributed by atoms with Gasteiger partial charge in [0.1, 0.15) is 11.5 Å². The molecule has 2 heterocycles. The van der Waals surface area contributed by atoms with Crippen molar-refractivity contribution in [2.75, 3.05) is 26.7 Å². The molecule has 1 aromatic heterocycles. The molecular formula is C15H23ClN4O. The lowest BCUT2D eigenvalue weighted by atomic mass is 9.98. The Labute approximate surface area is 131 Å². The highest BCUT2D eigenvalue weighted by Gasteiger charge is 2.20. The minimum Gasteiger partial charge on any atom is -0.350 e. The van der Waals surface area contributed by atoms with E-state index in [-0.39, 0.29) is 17.5 Å². The minimum absolute atomic E-state index is 0.167. The average Bonchev–Trinajstić information content (AvgIpc) is 2.45. The second-order valence-electron chi connectivity index (χ2n) is 6.06. The molecule has 2 rings (SSSR count). The van der Waals surface area contributed by atoms with Crippen LogP contribution in [0.3, 0.4) is 0 Å². The summed E-state index contributed by atoms with van der Waals surface area (Å²) in [6.07, 6.45) is 3.84. The highest BCUT2D eigenvalue weighted by molar-refractivity contribution is 6.33. The summed E-state index contributed by atoms with van der Waals surface area (Å²) >= 11 is 6.05. The van der Waals surface area contributed by atoms with Crippen LogP contribution in [-0.4, -0.2) is 47.5 Å². The highest BCUT2D eigenvalue weighted by Crippen LogP contribution is 2.17. The van der Waals surface area contributed by atoms with Crippen molar-refractivity contribution < 1.29 is 4.79 Å². The number of halogens is 1. The Morgan fingerprint density at radius 3 is 3.00 bits per heavy atom. The van der Waals surface area contributed by atoms with Gasteiger partial charge >= 0.3 is 0 Å². The quantitative estimate of drug-likeness (QED) is 0.927. The molecule has 116 valence electrons.